The van der Waals surface area contributed by atoms with Crippen LogP contribution in [0, 0.1) is 0 Å². The van der Waals surface area contributed by atoms with Crippen LogP contribution in [0.5, 0.6) is 11.5 Å². The molecule has 2 fully saturated rings. The first-order valence-corrected chi connectivity index (χ1v) is 13.5. The van der Waals surface area contributed by atoms with E-state index in [0.29, 0.717) is 49.2 Å². The molecule has 0 bridgehead atoms. The highest BCUT2D eigenvalue weighted by molar-refractivity contribution is 6.35. The molecule has 5 rings (SSSR count). The molecular weight excluding hydrogens is 527 g/mol. The van der Waals surface area contributed by atoms with E-state index in [1.165, 1.54) is 0 Å². The van der Waals surface area contributed by atoms with Crippen LogP contribution in [-0.2, 0) is 20.7 Å². The minimum Gasteiger partial charge on any atom is -0.508 e. The number of aromatic hydroxyl groups is 1. The van der Waals surface area contributed by atoms with Crippen molar-refractivity contribution in [2.75, 3.05) is 44.3 Å². The fourth-order valence-corrected chi connectivity index (χ4v) is 5.12. The van der Waals surface area contributed by atoms with Crippen LogP contribution in [0.1, 0.15) is 23.8 Å². The average molecular weight is 557 g/mol. The van der Waals surface area contributed by atoms with Gasteiger partial charge in [-0.15, -0.1) is 0 Å². The molecule has 200 valence electrons. The van der Waals surface area contributed by atoms with Gasteiger partial charge in [-0.2, -0.15) is 0 Å². The van der Waals surface area contributed by atoms with Gasteiger partial charge in [0.2, 0.25) is 5.91 Å². The lowest BCUT2D eigenvalue weighted by Crippen LogP contribution is -2.48. The molecule has 0 saturated carbocycles. The van der Waals surface area contributed by atoms with Crippen molar-refractivity contribution in [3.8, 4) is 11.5 Å². The second kappa shape index (κ2) is 12.3. The number of benzene rings is 3. The smallest absolute Gasteiger partial charge is 0.223 e. The number of phenols is 1. The van der Waals surface area contributed by atoms with E-state index >= 15 is 0 Å². The van der Waals surface area contributed by atoms with E-state index in [1.54, 1.807) is 24.3 Å². The fourth-order valence-electron chi connectivity index (χ4n) is 4.62. The van der Waals surface area contributed by atoms with Crippen LogP contribution in [-0.4, -0.2) is 61.4 Å². The van der Waals surface area contributed by atoms with Crippen molar-refractivity contribution in [3.05, 3.63) is 87.9 Å². The second-order valence-corrected chi connectivity index (χ2v) is 10.3. The number of hydrogen-bond acceptors (Lipinski definition) is 6. The molecule has 2 unspecified atom stereocenters. The number of aryl methyl sites for hydroxylation is 1. The lowest BCUT2D eigenvalue weighted by atomic mass is 10.1. The van der Waals surface area contributed by atoms with Crippen molar-refractivity contribution < 1.29 is 24.1 Å². The molecule has 0 aliphatic carbocycles. The van der Waals surface area contributed by atoms with Gasteiger partial charge in [0.15, 0.2) is 6.29 Å². The zero-order chi connectivity index (χ0) is 26.5. The Labute approximate surface area is 232 Å². The van der Waals surface area contributed by atoms with Crippen molar-refractivity contribution in [2.45, 2.75) is 25.2 Å². The molecule has 7 nitrogen and oxygen atoms in total. The van der Waals surface area contributed by atoms with E-state index in [2.05, 4.69) is 4.90 Å². The lowest BCUT2D eigenvalue weighted by Gasteiger charge is -2.36. The van der Waals surface area contributed by atoms with E-state index in [9.17, 15) is 9.90 Å². The number of phenolic OH excluding ortho intramolecular Hbond substituents is 1. The fraction of sp³-hybridized carbons (Fsp3) is 0.345. The van der Waals surface area contributed by atoms with E-state index in [4.69, 9.17) is 37.4 Å². The van der Waals surface area contributed by atoms with E-state index in [1.807, 2.05) is 47.4 Å². The Balaban J connectivity index is 1.04. The maximum absolute atomic E-state index is 12.6. The van der Waals surface area contributed by atoms with Crippen LogP contribution in [0.3, 0.4) is 0 Å². The topological polar surface area (TPSA) is 71.5 Å². The Hall–Kier alpha value is -2.97. The Bertz CT molecular complexity index is 1230. The Morgan fingerprint density at radius 3 is 2.42 bits per heavy atom. The van der Waals surface area contributed by atoms with Crippen molar-refractivity contribution in [2.24, 2.45) is 0 Å². The summed E-state index contributed by atoms with van der Waals surface area (Å²) in [4.78, 5) is 16.9. The van der Waals surface area contributed by atoms with Crippen LogP contribution >= 0.6 is 23.2 Å². The zero-order valence-electron chi connectivity index (χ0n) is 20.9. The summed E-state index contributed by atoms with van der Waals surface area (Å²) in [5.74, 6) is 1.16. The quantitative estimate of drug-likeness (QED) is 0.396. The maximum Gasteiger partial charge on any atom is 0.223 e. The van der Waals surface area contributed by atoms with Gasteiger partial charge in [0.1, 0.15) is 24.2 Å². The summed E-state index contributed by atoms with van der Waals surface area (Å²) in [7, 11) is 0. The van der Waals surface area contributed by atoms with E-state index < -0.39 is 6.29 Å². The third-order valence-electron chi connectivity index (χ3n) is 6.80. The third kappa shape index (κ3) is 6.72. The number of anilines is 1. The Kier molecular flexibility index (Phi) is 8.59. The van der Waals surface area contributed by atoms with E-state index in [-0.39, 0.29) is 17.8 Å². The number of ether oxygens (including phenoxy) is 3. The summed E-state index contributed by atoms with van der Waals surface area (Å²) < 4.78 is 17.7. The Morgan fingerprint density at radius 1 is 0.974 bits per heavy atom. The summed E-state index contributed by atoms with van der Waals surface area (Å²) in [6, 6.07) is 20.3. The van der Waals surface area contributed by atoms with Crippen molar-refractivity contribution >= 4 is 34.8 Å². The molecular formula is C29H30Cl2N2O5. The maximum atomic E-state index is 12.6. The molecule has 1 N–H and O–H groups in total. The molecule has 9 heteroatoms. The molecule has 3 aromatic carbocycles. The highest BCUT2D eigenvalue weighted by Gasteiger charge is 2.29. The minimum absolute atomic E-state index is 0.167. The number of carbonyl (C=O) groups excluding carboxylic acids is 1. The molecule has 2 atom stereocenters. The standard InChI is InChI=1S/C29H30Cl2N2O5/c30-21-4-11-26(27(31)17-21)29-37-19-25(38-29)18-36-24-9-5-22(6-10-24)32-13-15-33(16-14-32)28(35)12-3-20-1-7-23(34)8-2-20/h1-2,4-11,17,25,29,34H,3,12-16,18-19H2. The van der Waals surface area contributed by atoms with Crippen LogP contribution in [0.25, 0.3) is 0 Å². The highest BCUT2D eigenvalue weighted by atomic mass is 35.5. The molecule has 2 heterocycles. The molecule has 2 aliphatic heterocycles. The highest BCUT2D eigenvalue weighted by Crippen LogP contribution is 2.33. The van der Waals surface area contributed by atoms with Gasteiger partial charge in [0.25, 0.3) is 0 Å². The molecule has 2 aliphatic rings. The van der Waals surface area contributed by atoms with Gasteiger partial charge < -0.3 is 29.1 Å². The number of hydrogen-bond donors (Lipinski definition) is 1. The second-order valence-electron chi connectivity index (χ2n) is 9.43. The van der Waals surface area contributed by atoms with Crippen LogP contribution in [0.4, 0.5) is 5.69 Å². The number of nitrogens with zero attached hydrogens (tertiary/aromatic N) is 2. The van der Waals surface area contributed by atoms with Crippen molar-refractivity contribution in [3.63, 3.8) is 0 Å². The van der Waals surface area contributed by atoms with Crippen LogP contribution in [0.2, 0.25) is 10.0 Å². The first-order chi connectivity index (χ1) is 18.4. The molecule has 1 amide bonds. The van der Waals surface area contributed by atoms with E-state index in [0.717, 1.165) is 35.7 Å². The summed E-state index contributed by atoms with van der Waals surface area (Å²) in [5, 5.41) is 10.5. The van der Waals surface area contributed by atoms with Crippen LogP contribution < -0.4 is 9.64 Å². The van der Waals surface area contributed by atoms with Gasteiger partial charge >= 0.3 is 0 Å². The lowest BCUT2D eigenvalue weighted by molar-refractivity contribution is -0.131. The summed E-state index contributed by atoms with van der Waals surface area (Å²) in [6.07, 6.45) is 0.411. The summed E-state index contributed by atoms with van der Waals surface area (Å²) in [5.41, 5.74) is 2.91. The first kappa shape index (κ1) is 26.6. The largest absolute Gasteiger partial charge is 0.508 e. The van der Waals surface area contributed by atoms with Gasteiger partial charge in [-0.25, -0.2) is 0 Å². The monoisotopic (exact) mass is 556 g/mol. The third-order valence-corrected chi connectivity index (χ3v) is 7.36. The summed E-state index contributed by atoms with van der Waals surface area (Å²) in [6.45, 7) is 3.75. The molecule has 0 aromatic heterocycles. The number of halogens is 2. The van der Waals surface area contributed by atoms with Crippen LogP contribution in [0.15, 0.2) is 66.7 Å². The predicted molar refractivity (Wildman–Crippen MR) is 147 cm³/mol. The van der Waals surface area contributed by atoms with Gasteiger partial charge in [0.05, 0.1) is 11.6 Å². The average Bonchev–Trinajstić information content (AvgIpc) is 3.40. The number of piperazine rings is 1. The summed E-state index contributed by atoms with van der Waals surface area (Å²) >= 11 is 12.2. The normalized spacial score (nSPS) is 19.5. The molecule has 38 heavy (non-hydrogen) atoms. The number of carbonyl (C=O) groups is 1. The minimum atomic E-state index is -0.533. The molecule has 2 saturated heterocycles. The molecule has 0 radical (unpaired) electrons. The SMILES string of the molecule is O=C(CCc1ccc(O)cc1)N1CCN(c2ccc(OCC3COC(c4ccc(Cl)cc4Cl)O3)cc2)CC1. The zero-order valence-corrected chi connectivity index (χ0v) is 22.4. The molecule has 0 spiro atoms. The predicted octanol–water partition coefficient (Wildman–Crippen LogP) is 5.47. The van der Waals surface area contributed by atoms with Crippen molar-refractivity contribution in [1.29, 1.82) is 0 Å². The first-order valence-electron chi connectivity index (χ1n) is 12.7. The number of rotatable bonds is 8. The molecule has 3 aromatic rings. The van der Waals surface area contributed by atoms with Gasteiger partial charge in [-0.1, -0.05) is 41.4 Å². The Morgan fingerprint density at radius 2 is 1.71 bits per heavy atom. The van der Waals surface area contributed by atoms with Gasteiger partial charge in [0, 0.05) is 48.9 Å². The number of amides is 1. The van der Waals surface area contributed by atoms with Gasteiger partial charge in [-0.05, 0) is 60.5 Å². The van der Waals surface area contributed by atoms with Crippen molar-refractivity contribution in [1.82, 2.24) is 4.90 Å². The van der Waals surface area contributed by atoms with Gasteiger partial charge in [-0.3, -0.25) is 4.79 Å².